The number of hydrogen-bond acceptors (Lipinski definition) is 9. The number of anilines is 2. The molecule has 3 heterocycles. The summed E-state index contributed by atoms with van der Waals surface area (Å²) in [6.45, 7) is 3.24. The third-order valence-corrected chi connectivity index (χ3v) is 6.10. The van der Waals surface area contributed by atoms with E-state index in [9.17, 15) is 26.4 Å². The van der Waals surface area contributed by atoms with E-state index in [0.717, 1.165) is 22.6 Å². The van der Waals surface area contributed by atoms with E-state index in [2.05, 4.69) is 25.4 Å². The van der Waals surface area contributed by atoms with E-state index < -0.39 is 27.8 Å². The maximum absolute atomic E-state index is 13.5. The quantitative estimate of drug-likeness (QED) is 0.317. The Bertz CT molecular complexity index is 1710. The Hall–Kier alpha value is -4.24. The summed E-state index contributed by atoms with van der Waals surface area (Å²) < 4.78 is 71.6. The molecule has 0 aliphatic carbocycles. The van der Waals surface area contributed by atoms with Gasteiger partial charge in [0.2, 0.25) is 21.9 Å². The van der Waals surface area contributed by atoms with Crippen molar-refractivity contribution < 1.29 is 31.1 Å². The Balaban J connectivity index is 1.90. The second-order valence-corrected chi connectivity index (χ2v) is 10.8. The topological polar surface area (TPSA) is 141 Å². The lowest BCUT2D eigenvalue weighted by Gasteiger charge is -2.14. The first-order valence-corrected chi connectivity index (χ1v) is 13.5. The van der Waals surface area contributed by atoms with Gasteiger partial charge in [-0.3, -0.25) is 4.79 Å². The second kappa shape index (κ2) is 10.7. The molecule has 0 atom stereocenters. The molecule has 4 aromatic rings. The van der Waals surface area contributed by atoms with Gasteiger partial charge < -0.3 is 10.1 Å². The minimum atomic E-state index is -4.72. The van der Waals surface area contributed by atoms with Crippen LogP contribution in [0.25, 0.3) is 16.9 Å². The summed E-state index contributed by atoms with van der Waals surface area (Å²) in [5, 5.41) is 7.12. The van der Waals surface area contributed by atoms with Gasteiger partial charge in [0.25, 0.3) is 5.91 Å². The van der Waals surface area contributed by atoms with Gasteiger partial charge in [0.05, 0.1) is 13.4 Å². The minimum Gasteiger partial charge on any atom is -0.480 e. The molecular formula is C24H21ClF3N7O4S. The predicted molar refractivity (Wildman–Crippen MR) is 140 cm³/mol. The summed E-state index contributed by atoms with van der Waals surface area (Å²) in [4.78, 5) is 25.4. The van der Waals surface area contributed by atoms with E-state index in [1.165, 1.54) is 32.5 Å². The highest BCUT2D eigenvalue weighted by Gasteiger charge is 2.35. The number of aryl methyl sites for hydroxylation is 2. The highest BCUT2D eigenvalue weighted by Crippen LogP contribution is 2.33. The maximum Gasteiger partial charge on any atom is 0.435 e. The van der Waals surface area contributed by atoms with Gasteiger partial charge in [-0.1, -0.05) is 11.6 Å². The summed E-state index contributed by atoms with van der Waals surface area (Å²) in [6.07, 6.45) is -1.35. The first kappa shape index (κ1) is 28.8. The van der Waals surface area contributed by atoms with Crippen LogP contribution in [0.3, 0.4) is 0 Å². The largest absolute Gasteiger partial charge is 0.480 e. The number of nitrogens with zero attached hydrogens (tertiary/aromatic N) is 5. The number of carbonyl (C=O) groups is 1. The lowest BCUT2D eigenvalue weighted by atomic mass is 10.1. The fourth-order valence-corrected chi connectivity index (χ4v) is 4.45. The summed E-state index contributed by atoms with van der Waals surface area (Å²) in [5.41, 5.74) is 0.390. The molecule has 0 spiro atoms. The van der Waals surface area contributed by atoms with Crippen LogP contribution in [0, 0.1) is 13.8 Å². The van der Waals surface area contributed by atoms with Gasteiger partial charge in [-0.15, -0.1) is 0 Å². The van der Waals surface area contributed by atoms with Crippen LogP contribution in [-0.2, 0) is 16.2 Å². The third kappa shape index (κ3) is 6.48. The fourth-order valence-electron chi connectivity index (χ4n) is 3.71. The molecule has 0 unspecified atom stereocenters. The number of methoxy groups -OCH3 is 1. The molecule has 0 saturated carbocycles. The van der Waals surface area contributed by atoms with Crippen molar-refractivity contribution in [3.63, 3.8) is 0 Å². The Morgan fingerprint density at radius 3 is 2.40 bits per heavy atom. The number of carbonyl (C=O) groups excluding carboxylic acids is 1. The average molecular weight is 596 g/mol. The van der Waals surface area contributed by atoms with Crippen molar-refractivity contribution in [2.45, 2.75) is 20.0 Å². The molecule has 0 aliphatic rings. The lowest BCUT2D eigenvalue weighted by Crippen LogP contribution is -2.29. The Morgan fingerprint density at radius 1 is 1.07 bits per heavy atom. The molecule has 40 heavy (non-hydrogen) atoms. The number of amides is 1. The minimum absolute atomic E-state index is 0.0142. The molecule has 2 N–H and O–H groups in total. The number of alkyl halides is 3. The summed E-state index contributed by atoms with van der Waals surface area (Å²) in [7, 11) is -2.70. The zero-order valence-electron chi connectivity index (χ0n) is 21.3. The number of halogens is 4. The van der Waals surface area contributed by atoms with E-state index in [1.807, 2.05) is 11.6 Å². The molecular weight excluding hydrogens is 575 g/mol. The molecule has 0 aliphatic heterocycles. The number of hydrogen-bond donors (Lipinski definition) is 2. The van der Waals surface area contributed by atoms with Gasteiger partial charge in [-0.2, -0.15) is 23.3 Å². The van der Waals surface area contributed by atoms with Crippen molar-refractivity contribution in [3.8, 4) is 22.8 Å². The Kier molecular flexibility index (Phi) is 7.72. The first-order valence-electron chi connectivity index (χ1n) is 11.3. The molecule has 16 heteroatoms. The summed E-state index contributed by atoms with van der Waals surface area (Å²) in [5.74, 6) is -1.27. The number of sulfonamides is 1. The van der Waals surface area contributed by atoms with E-state index in [0.29, 0.717) is 10.7 Å². The fraction of sp³-hybridized carbons (Fsp3) is 0.208. The lowest BCUT2D eigenvalue weighted by molar-refractivity contribution is -0.141. The van der Waals surface area contributed by atoms with Crippen LogP contribution in [0.5, 0.6) is 5.88 Å². The second-order valence-electron chi connectivity index (χ2n) is 8.64. The standard InChI is InChI=1S/C24H21ClF3N7O4S/c1-12-5-15(25)9-16(6-12)31-23-30-11-18(20(32-23)35-13(2)7-19(33-35)24(26,27)28)14-8-17(22(39-3)29-10-14)21(36)34-40(4,37)38/h5-11H,1-4H3,(H,34,36)(H,30,31,32). The van der Waals surface area contributed by atoms with Gasteiger partial charge >= 0.3 is 6.18 Å². The molecule has 210 valence electrons. The van der Waals surface area contributed by atoms with E-state index in [1.54, 1.807) is 18.2 Å². The summed E-state index contributed by atoms with van der Waals surface area (Å²) in [6, 6.07) is 7.24. The van der Waals surface area contributed by atoms with Gasteiger partial charge in [0.1, 0.15) is 5.56 Å². The van der Waals surface area contributed by atoms with Crippen LogP contribution in [0.15, 0.2) is 42.7 Å². The summed E-state index contributed by atoms with van der Waals surface area (Å²) >= 11 is 6.13. The zero-order chi connectivity index (χ0) is 29.4. The molecule has 11 nitrogen and oxygen atoms in total. The monoisotopic (exact) mass is 595 g/mol. The van der Waals surface area contributed by atoms with Crippen molar-refractivity contribution >= 4 is 39.2 Å². The smallest absolute Gasteiger partial charge is 0.435 e. The molecule has 0 radical (unpaired) electrons. The zero-order valence-corrected chi connectivity index (χ0v) is 22.9. The molecule has 0 saturated heterocycles. The van der Waals surface area contributed by atoms with Crippen LogP contribution in [0.4, 0.5) is 24.8 Å². The van der Waals surface area contributed by atoms with Crippen molar-refractivity contribution in [2.75, 3.05) is 18.7 Å². The van der Waals surface area contributed by atoms with Crippen LogP contribution in [0.2, 0.25) is 5.02 Å². The van der Waals surface area contributed by atoms with Gasteiger partial charge in [-0.25, -0.2) is 27.8 Å². The number of nitrogens with one attached hydrogen (secondary N) is 2. The number of ether oxygens (including phenoxy) is 1. The van der Waals surface area contributed by atoms with Crippen molar-refractivity contribution in [1.29, 1.82) is 0 Å². The van der Waals surface area contributed by atoms with Crippen LogP contribution >= 0.6 is 11.6 Å². The molecule has 3 aromatic heterocycles. The average Bonchev–Trinajstić information content (AvgIpc) is 3.24. The van der Waals surface area contributed by atoms with Crippen molar-refractivity contribution in [1.82, 2.24) is 29.5 Å². The molecule has 1 aromatic carbocycles. The van der Waals surface area contributed by atoms with E-state index in [-0.39, 0.29) is 40.0 Å². The molecule has 4 rings (SSSR count). The third-order valence-electron chi connectivity index (χ3n) is 5.32. The molecule has 0 fully saturated rings. The van der Waals surface area contributed by atoms with Gasteiger partial charge in [0.15, 0.2) is 11.5 Å². The van der Waals surface area contributed by atoms with E-state index >= 15 is 0 Å². The van der Waals surface area contributed by atoms with Crippen molar-refractivity contribution in [3.05, 3.63) is 70.3 Å². The molecule has 1 amide bonds. The number of benzene rings is 1. The van der Waals surface area contributed by atoms with Gasteiger partial charge in [-0.05, 0) is 49.7 Å². The predicted octanol–water partition coefficient (Wildman–Crippen LogP) is 4.45. The Labute approximate surface area is 231 Å². The van der Waals surface area contributed by atoms with Crippen LogP contribution in [-0.4, -0.2) is 52.4 Å². The number of rotatable bonds is 7. The number of pyridine rings is 1. The Morgan fingerprint density at radius 2 is 1.80 bits per heavy atom. The highest BCUT2D eigenvalue weighted by molar-refractivity contribution is 7.89. The molecule has 0 bridgehead atoms. The van der Waals surface area contributed by atoms with Crippen molar-refractivity contribution in [2.24, 2.45) is 0 Å². The van der Waals surface area contributed by atoms with Crippen LogP contribution in [0.1, 0.15) is 27.3 Å². The normalized spacial score (nSPS) is 11.8. The van der Waals surface area contributed by atoms with Crippen LogP contribution < -0.4 is 14.8 Å². The number of aromatic nitrogens is 5. The SMILES string of the molecule is COc1ncc(-c2cnc(Nc3cc(C)cc(Cl)c3)nc2-n2nc(C(F)(F)F)cc2C)cc1C(=O)NS(C)(=O)=O. The highest BCUT2D eigenvalue weighted by atomic mass is 35.5. The maximum atomic E-state index is 13.5. The first-order chi connectivity index (χ1) is 18.6. The van der Waals surface area contributed by atoms with Gasteiger partial charge in [0, 0.05) is 39.9 Å². The van der Waals surface area contributed by atoms with E-state index in [4.69, 9.17) is 16.3 Å².